The van der Waals surface area contributed by atoms with Gasteiger partial charge < -0.3 is 30.5 Å². The molecule has 4 N–H and O–H groups in total. The van der Waals surface area contributed by atoms with E-state index in [1.165, 1.54) is 0 Å². The first-order valence-electron chi connectivity index (χ1n) is 13.9. The third-order valence-electron chi connectivity index (χ3n) is 7.16. The maximum absolute atomic E-state index is 13.3. The molecule has 3 atom stereocenters. The number of hydrogen-bond donors (Lipinski definition) is 4. The Balaban J connectivity index is 1.42. The van der Waals surface area contributed by atoms with Gasteiger partial charge in [-0.2, -0.15) is 0 Å². The second kappa shape index (κ2) is 16.4. The molecule has 0 saturated heterocycles. The number of amides is 3. The monoisotopic (exact) mass is 551 g/mol. The zero-order valence-electron chi connectivity index (χ0n) is 23.0. The molecule has 9 nitrogen and oxygen atoms in total. The number of fused-ring (bicyclic) bond motifs is 1. The molecule has 1 heterocycles. The topological polar surface area (TPSA) is 128 Å². The quantitative estimate of drug-likeness (QED) is 0.199. The molecule has 0 spiro atoms. The minimum absolute atomic E-state index is 0.0102. The van der Waals surface area contributed by atoms with Crippen molar-refractivity contribution in [3.8, 4) is 0 Å². The molecule has 0 aromatic heterocycles. The lowest BCUT2D eigenvalue weighted by atomic mass is 9.92. The summed E-state index contributed by atoms with van der Waals surface area (Å²) in [6.07, 6.45) is 3.84. The van der Waals surface area contributed by atoms with Gasteiger partial charge in [-0.1, -0.05) is 60.7 Å². The van der Waals surface area contributed by atoms with E-state index in [2.05, 4.69) is 17.2 Å². The lowest BCUT2D eigenvalue weighted by Gasteiger charge is -2.36. The van der Waals surface area contributed by atoms with E-state index in [0.29, 0.717) is 45.2 Å². The zero-order chi connectivity index (χ0) is 28.7. The predicted octanol–water partition coefficient (Wildman–Crippen LogP) is 3.09. The molecule has 3 rings (SSSR count). The van der Waals surface area contributed by atoms with Crippen molar-refractivity contribution in [3.63, 3.8) is 0 Å². The van der Waals surface area contributed by atoms with Crippen LogP contribution in [0, 0.1) is 5.92 Å². The highest BCUT2D eigenvalue weighted by molar-refractivity contribution is 5.86. The normalized spacial score (nSPS) is 15.8. The number of aliphatic hydroxyl groups excluding tert-OH is 2. The van der Waals surface area contributed by atoms with Gasteiger partial charge in [-0.3, -0.25) is 9.59 Å². The molecule has 3 amide bonds. The van der Waals surface area contributed by atoms with E-state index in [4.69, 9.17) is 4.74 Å². The second-order valence-corrected chi connectivity index (χ2v) is 10.1. The lowest BCUT2D eigenvalue weighted by molar-refractivity contribution is -0.140. The van der Waals surface area contributed by atoms with Crippen LogP contribution in [0.2, 0.25) is 0 Å². The number of benzene rings is 2. The molecule has 0 saturated carbocycles. The number of hydrogen-bond acceptors (Lipinski definition) is 6. The maximum atomic E-state index is 13.3. The maximum Gasteiger partial charge on any atom is 0.407 e. The van der Waals surface area contributed by atoms with E-state index >= 15 is 0 Å². The van der Waals surface area contributed by atoms with E-state index in [0.717, 1.165) is 16.7 Å². The molecule has 9 heteroatoms. The number of aliphatic hydroxyl groups is 2. The molecule has 2 aromatic carbocycles. The van der Waals surface area contributed by atoms with Gasteiger partial charge in [0.1, 0.15) is 6.61 Å². The van der Waals surface area contributed by atoms with Gasteiger partial charge in [0.15, 0.2) is 0 Å². The Hall–Kier alpha value is -3.69. The highest BCUT2D eigenvalue weighted by Gasteiger charge is 2.32. The van der Waals surface area contributed by atoms with Crippen LogP contribution in [-0.2, 0) is 33.9 Å². The lowest BCUT2D eigenvalue weighted by Crippen LogP contribution is -2.48. The average Bonchev–Trinajstić information content (AvgIpc) is 2.98. The summed E-state index contributed by atoms with van der Waals surface area (Å²) >= 11 is 0. The number of allylic oxidation sites excluding steroid dienone is 1. The molecule has 0 unspecified atom stereocenters. The molecule has 0 bridgehead atoms. The third kappa shape index (κ3) is 9.50. The number of nitrogens with zero attached hydrogens (tertiary/aromatic N) is 1. The fourth-order valence-corrected chi connectivity index (χ4v) is 4.86. The van der Waals surface area contributed by atoms with Crippen LogP contribution in [0.3, 0.4) is 0 Å². The highest BCUT2D eigenvalue weighted by atomic mass is 16.5. The SMILES string of the molecule is C=CC[C@H](CC(=O)N1Cc2ccccc2C[C@H]1CO)C(=O)N[C@H](CO)CCCCNC(=O)OCc1ccccc1. The Morgan fingerprint density at radius 3 is 2.48 bits per heavy atom. The molecule has 0 radical (unpaired) electrons. The van der Waals surface area contributed by atoms with Crippen molar-refractivity contribution in [2.24, 2.45) is 5.92 Å². The predicted molar refractivity (Wildman–Crippen MR) is 152 cm³/mol. The minimum Gasteiger partial charge on any atom is -0.445 e. The first-order valence-corrected chi connectivity index (χ1v) is 13.9. The number of carbonyl (C=O) groups is 3. The first-order chi connectivity index (χ1) is 19.4. The van der Waals surface area contributed by atoms with Crippen molar-refractivity contribution < 1.29 is 29.3 Å². The Morgan fingerprint density at radius 1 is 1.05 bits per heavy atom. The van der Waals surface area contributed by atoms with E-state index in [9.17, 15) is 24.6 Å². The number of unbranched alkanes of at least 4 members (excludes halogenated alkanes) is 1. The van der Waals surface area contributed by atoms with Crippen LogP contribution in [0.1, 0.15) is 48.8 Å². The van der Waals surface area contributed by atoms with E-state index in [1.807, 2.05) is 54.6 Å². The Bertz CT molecular complexity index is 1110. The fourth-order valence-electron chi connectivity index (χ4n) is 4.86. The smallest absolute Gasteiger partial charge is 0.407 e. The van der Waals surface area contributed by atoms with Gasteiger partial charge in [-0.15, -0.1) is 6.58 Å². The van der Waals surface area contributed by atoms with Crippen LogP contribution < -0.4 is 10.6 Å². The summed E-state index contributed by atoms with van der Waals surface area (Å²) in [6.45, 7) is 4.37. The highest BCUT2D eigenvalue weighted by Crippen LogP contribution is 2.25. The van der Waals surface area contributed by atoms with Gasteiger partial charge in [-0.25, -0.2) is 4.79 Å². The summed E-state index contributed by atoms with van der Waals surface area (Å²) in [5, 5.41) is 25.3. The number of alkyl carbamates (subject to hydrolysis) is 1. The summed E-state index contributed by atoms with van der Waals surface area (Å²) in [7, 11) is 0. The van der Waals surface area contributed by atoms with Crippen molar-refractivity contribution >= 4 is 17.9 Å². The number of carbonyl (C=O) groups excluding carboxylic acids is 3. The van der Waals surface area contributed by atoms with E-state index in [1.54, 1.807) is 11.0 Å². The van der Waals surface area contributed by atoms with Gasteiger partial charge >= 0.3 is 6.09 Å². The summed E-state index contributed by atoms with van der Waals surface area (Å²) < 4.78 is 5.19. The van der Waals surface area contributed by atoms with Crippen LogP contribution in [-0.4, -0.2) is 64.9 Å². The molecule has 2 aromatic rings. The van der Waals surface area contributed by atoms with Crippen LogP contribution in [0.15, 0.2) is 67.3 Å². The van der Waals surface area contributed by atoms with Crippen molar-refractivity contribution in [3.05, 3.63) is 83.9 Å². The third-order valence-corrected chi connectivity index (χ3v) is 7.16. The molecule has 40 heavy (non-hydrogen) atoms. The Kier molecular flexibility index (Phi) is 12.7. The van der Waals surface area contributed by atoms with Crippen LogP contribution >= 0.6 is 0 Å². The van der Waals surface area contributed by atoms with Gasteiger partial charge in [0.05, 0.1) is 31.2 Å². The summed E-state index contributed by atoms with van der Waals surface area (Å²) in [4.78, 5) is 39.9. The fraction of sp³-hybridized carbons (Fsp3) is 0.452. The standard InChI is InChI=1S/C31H41N3O6/c1-2-10-25(18-29(37)34-19-26-14-7-6-13-24(26)17-28(34)21-36)30(38)33-27(20-35)15-8-9-16-32-31(39)40-22-23-11-4-3-5-12-23/h2-7,11-14,25,27-28,35-36H,1,8-10,15-22H2,(H,32,39)(H,33,38)/t25-,27+,28+/m1/s1. The number of ether oxygens (including phenoxy) is 1. The number of nitrogens with one attached hydrogen (secondary N) is 2. The van der Waals surface area contributed by atoms with Crippen molar-refractivity contribution in [2.45, 2.75) is 63.8 Å². The van der Waals surface area contributed by atoms with E-state index < -0.39 is 18.1 Å². The van der Waals surface area contributed by atoms with Crippen molar-refractivity contribution in [1.82, 2.24) is 15.5 Å². The Labute approximate surface area is 236 Å². The van der Waals surface area contributed by atoms with Crippen LogP contribution in [0.5, 0.6) is 0 Å². The van der Waals surface area contributed by atoms with Crippen molar-refractivity contribution in [1.29, 1.82) is 0 Å². The van der Waals surface area contributed by atoms with Crippen LogP contribution in [0.25, 0.3) is 0 Å². The second-order valence-electron chi connectivity index (χ2n) is 10.1. The molecular formula is C31H41N3O6. The zero-order valence-corrected chi connectivity index (χ0v) is 23.0. The molecule has 0 aliphatic carbocycles. The van der Waals surface area contributed by atoms with Gasteiger partial charge in [0.2, 0.25) is 11.8 Å². The Morgan fingerprint density at radius 2 is 1.77 bits per heavy atom. The van der Waals surface area contributed by atoms with Crippen LogP contribution in [0.4, 0.5) is 4.79 Å². The summed E-state index contributed by atoms with van der Waals surface area (Å²) in [6, 6.07) is 16.5. The molecule has 216 valence electrons. The molecular weight excluding hydrogens is 510 g/mol. The summed E-state index contributed by atoms with van der Waals surface area (Å²) in [5.74, 6) is -1.13. The largest absolute Gasteiger partial charge is 0.445 e. The molecule has 1 aliphatic rings. The van der Waals surface area contributed by atoms with Gasteiger partial charge in [0.25, 0.3) is 0 Å². The van der Waals surface area contributed by atoms with Crippen molar-refractivity contribution in [2.75, 3.05) is 19.8 Å². The average molecular weight is 552 g/mol. The first kappa shape index (κ1) is 30.8. The minimum atomic E-state index is -0.628. The van der Waals surface area contributed by atoms with E-state index in [-0.39, 0.29) is 44.1 Å². The number of rotatable bonds is 15. The van der Waals surface area contributed by atoms with Gasteiger partial charge in [0, 0.05) is 19.5 Å². The van der Waals surface area contributed by atoms with Gasteiger partial charge in [-0.05, 0) is 48.8 Å². The molecule has 1 aliphatic heterocycles. The molecule has 0 fully saturated rings. The summed E-state index contributed by atoms with van der Waals surface area (Å²) in [5.41, 5.74) is 3.07.